The molecule has 5 heteroatoms. The lowest BCUT2D eigenvalue weighted by molar-refractivity contribution is 0.966. The van der Waals surface area contributed by atoms with Gasteiger partial charge in [0.2, 0.25) is 0 Å². The molecule has 21 heavy (non-hydrogen) atoms. The number of halogens is 1. The Morgan fingerprint density at radius 3 is 2.95 bits per heavy atom. The van der Waals surface area contributed by atoms with Crippen LogP contribution in [0.4, 0.5) is 5.69 Å². The van der Waals surface area contributed by atoms with E-state index in [9.17, 15) is 0 Å². The van der Waals surface area contributed by atoms with Crippen molar-refractivity contribution in [3.05, 3.63) is 52.4 Å². The van der Waals surface area contributed by atoms with Gasteiger partial charge in [-0.2, -0.15) is 5.10 Å². The molecular weight excluding hydrogens is 375 g/mol. The molecule has 0 saturated carbocycles. The van der Waals surface area contributed by atoms with E-state index in [1.807, 2.05) is 36.1 Å². The number of nitrogens with zero attached hydrogens (tertiary/aromatic N) is 2. The third-order valence-corrected chi connectivity index (χ3v) is 4.77. The number of fused-ring (bicyclic) bond motifs is 2. The van der Waals surface area contributed by atoms with Gasteiger partial charge in [0.15, 0.2) is 0 Å². The second-order valence-corrected chi connectivity index (χ2v) is 5.98. The molecule has 4 aromatic rings. The van der Waals surface area contributed by atoms with Crippen molar-refractivity contribution in [2.45, 2.75) is 0 Å². The Bertz CT molecular complexity index is 951. The van der Waals surface area contributed by atoms with E-state index in [1.165, 1.54) is 8.96 Å². The summed E-state index contributed by atoms with van der Waals surface area (Å²) in [6.45, 7) is 0. The summed E-state index contributed by atoms with van der Waals surface area (Å²) in [5.74, 6) is 0. The van der Waals surface area contributed by atoms with Crippen LogP contribution in [0.2, 0.25) is 0 Å². The van der Waals surface area contributed by atoms with Crippen LogP contribution in [0.1, 0.15) is 0 Å². The van der Waals surface area contributed by atoms with E-state index in [0.29, 0.717) is 0 Å². The van der Waals surface area contributed by atoms with Gasteiger partial charge in [0.1, 0.15) is 5.69 Å². The van der Waals surface area contributed by atoms with Crippen LogP contribution in [0.5, 0.6) is 0 Å². The number of benzene rings is 1. The topological polar surface area (TPSA) is 45.1 Å². The zero-order valence-electron chi connectivity index (χ0n) is 11.4. The highest BCUT2D eigenvalue weighted by Gasteiger charge is 2.13. The van der Waals surface area contributed by atoms with Gasteiger partial charge in [-0.15, -0.1) is 0 Å². The van der Waals surface area contributed by atoms with Gasteiger partial charge in [-0.3, -0.25) is 0 Å². The van der Waals surface area contributed by atoms with Crippen molar-refractivity contribution >= 4 is 44.7 Å². The van der Waals surface area contributed by atoms with Crippen molar-refractivity contribution < 1.29 is 0 Å². The maximum Gasteiger partial charge on any atom is 0.107 e. The van der Waals surface area contributed by atoms with Crippen LogP contribution < -0.4 is 5.32 Å². The largest absolute Gasteiger partial charge is 0.386 e. The number of nitrogens with one attached hydrogen (secondary N) is 2. The third-order valence-electron chi connectivity index (χ3n) is 3.70. The van der Waals surface area contributed by atoms with Crippen molar-refractivity contribution in [1.82, 2.24) is 14.6 Å². The Hall–Kier alpha value is -2.02. The molecule has 0 spiro atoms. The molecule has 4 nitrogen and oxygen atoms in total. The molecule has 0 aliphatic heterocycles. The lowest BCUT2D eigenvalue weighted by Gasteiger charge is -2.01. The molecular formula is C16H13IN4. The summed E-state index contributed by atoms with van der Waals surface area (Å²) in [6, 6.07) is 12.5. The summed E-state index contributed by atoms with van der Waals surface area (Å²) in [6.07, 6.45) is 3.97. The SMILES string of the molecule is CNc1c[nH]c2ccc(-c3nn4ccccc4c3I)cc12. The Morgan fingerprint density at radius 1 is 1.24 bits per heavy atom. The number of aromatic nitrogens is 3. The molecule has 0 fully saturated rings. The summed E-state index contributed by atoms with van der Waals surface area (Å²) in [7, 11) is 1.93. The molecule has 0 unspecified atom stereocenters. The summed E-state index contributed by atoms with van der Waals surface area (Å²) in [5, 5.41) is 9.10. The Balaban J connectivity index is 1.97. The first-order valence-electron chi connectivity index (χ1n) is 6.70. The molecule has 0 radical (unpaired) electrons. The number of H-pyrrole nitrogens is 1. The van der Waals surface area contributed by atoms with Gasteiger partial charge < -0.3 is 10.3 Å². The van der Waals surface area contributed by atoms with Crippen molar-refractivity contribution in [3.8, 4) is 11.3 Å². The van der Waals surface area contributed by atoms with E-state index in [1.54, 1.807) is 0 Å². The summed E-state index contributed by atoms with van der Waals surface area (Å²) >= 11 is 2.37. The maximum atomic E-state index is 4.71. The zero-order chi connectivity index (χ0) is 14.4. The monoisotopic (exact) mass is 388 g/mol. The summed E-state index contributed by atoms with van der Waals surface area (Å²) in [4.78, 5) is 3.27. The molecule has 1 aromatic carbocycles. The fourth-order valence-electron chi connectivity index (χ4n) is 2.63. The van der Waals surface area contributed by atoms with Crippen LogP contribution in [-0.2, 0) is 0 Å². The Morgan fingerprint density at radius 2 is 2.14 bits per heavy atom. The molecule has 0 aliphatic carbocycles. The van der Waals surface area contributed by atoms with Crippen molar-refractivity contribution in [2.75, 3.05) is 12.4 Å². The van der Waals surface area contributed by atoms with E-state index in [4.69, 9.17) is 5.10 Å². The third kappa shape index (κ3) is 1.91. The van der Waals surface area contributed by atoms with Gasteiger partial charge in [0, 0.05) is 35.9 Å². The first-order valence-corrected chi connectivity index (χ1v) is 7.78. The average Bonchev–Trinajstić information content (AvgIpc) is 3.08. The zero-order valence-corrected chi connectivity index (χ0v) is 13.5. The van der Waals surface area contributed by atoms with Crippen LogP contribution in [0.15, 0.2) is 48.8 Å². The van der Waals surface area contributed by atoms with Gasteiger partial charge in [0.25, 0.3) is 0 Å². The van der Waals surface area contributed by atoms with Gasteiger partial charge in [-0.1, -0.05) is 12.1 Å². The first kappa shape index (κ1) is 12.7. The van der Waals surface area contributed by atoms with Crippen molar-refractivity contribution in [3.63, 3.8) is 0 Å². The fraction of sp³-hybridized carbons (Fsp3) is 0.0625. The Labute approximate surface area is 135 Å². The number of anilines is 1. The van der Waals surface area contributed by atoms with Crippen LogP contribution in [0.3, 0.4) is 0 Å². The van der Waals surface area contributed by atoms with Gasteiger partial charge in [-0.25, -0.2) is 4.52 Å². The molecule has 3 aromatic heterocycles. The smallest absolute Gasteiger partial charge is 0.107 e. The van der Waals surface area contributed by atoms with Crippen LogP contribution >= 0.6 is 22.6 Å². The molecule has 0 atom stereocenters. The highest BCUT2D eigenvalue weighted by molar-refractivity contribution is 14.1. The van der Waals surface area contributed by atoms with Gasteiger partial charge in [-0.05, 0) is 46.9 Å². The highest BCUT2D eigenvalue weighted by atomic mass is 127. The molecule has 104 valence electrons. The van der Waals surface area contributed by atoms with E-state index >= 15 is 0 Å². The molecule has 0 aliphatic rings. The molecule has 3 heterocycles. The maximum absolute atomic E-state index is 4.71. The van der Waals surface area contributed by atoms with Crippen LogP contribution in [-0.4, -0.2) is 21.6 Å². The van der Waals surface area contributed by atoms with Gasteiger partial charge >= 0.3 is 0 Å². The number of hydrogen-bond donors (Lipinski definition) is 2. The number of hydrogen-bond acceptors (Lipinski definition) is 2. The minimum absolute atomic E-state index is 1.02. The number of rotatable bonds is 2. The van der Waals surface area contributed by atoms with Crippen molar-refractivity contribution in [1.29, 1.82) is 0 Å². The van der Waals surface area contributed by atoms with Crippen molar-refractivity contribution in [2.24, 2.45) is 0 Å². The van der Waals surface area contributed by atoms with Crippen LogP contribution in [0, 0.1) is 3.57 Å². The minimum Gasteiger partial charge on any atom is -0.386 e. The van der Waals surface area contributed by atoms with E-state index in [2.05, 4.69) is 57.2 Å². The summed E-state index contributed by atoms with van der Waals surface area (Å²) < 4.78 is 3.10. The lowest BCUT2D eigenvalue weighted by atomic mass is 10.1. The molecule has 2 N–H and O–H groups in total. The standard InChI is InChI=1S/C16H13IN4/c1-18-13-9-19-12-6-5-10(8-11(12)13)16-15(17)14-4-2-3-7-21(14)20-16/h2-9,18-19H,1H3. The lowest BCUT2D eigenvalue weighted by Crippen LogP contribution is -1.87. The fourth-order valence-corrected chi connectivity index (χ4v) is 3.47. The minimum atomic E-state index is 1.02. The highest BCUT2D eigenvalue weighted by Crippen LogP contribution is 2.32. The number of aromatic amines is 1. The normalized spacial score (nSPS) is 11.3. The molecule has 4 rings (SSSR count). The van der Waals surface area contributed by atoms with E-state index in [-0.39, 0.29) is 0 Å². The molecule has 0 saturated heterocycles. The Kier molecular flexibility index (Phi) is 2.88. The summed E-state index contributed by atoms with van der Waals surface area (Å²) in [5.41, 5.74) is 5.52. The van der Waals surface area contributed by atoms with E-state index in [0.717, 1.165) is 28.0 Å². The quantitative estimate of drug-likeness (QED) is 0.508. The second kappa shape index (κ2) is 4.77. The first-order chi connectivity index (χ1) is 10.3. The second-order valence-electron chi connectivity index (χ2n) is 4.91. The van der Waals surface area contributed by atoms with Crippen LogP contribution in [0.25, 0.3) is 27.7 Å². The van der Waals surface area contributed by atoms with E-state index < -0.39 is 0 Å². The number of pyridine rings is 1. The average molecular weight is 388 g/mol. The predicted octanol–water partition coefficient (Wildman–Crippen LogP) is 4.13. The van der Waals surface area contributed by atoms with Gasteiger partial charge in [0.05, 0.1) is 14.8 Å². The molecule has 0 amide bonds. The predicted molar refractivity (Wildman–Crippen MR) is 94.7 cm³/mol. The molecule has 0 bridgehead atoms.